The summed E-state index contributed by atoms with van der Waals surface area (Å²) in [6, 6.07) is 2.12. The highest BCUT2D eigenvalue weighted by atomic mass is 127. The van der Waals surface area contributed by atoms with Gasteiger partial charge in [0.1, 0.15) is 0 Å². The summed E-state index contributed by atoms with van der Waals surface area (Å²) in [5.74, 6) is 1.80. The predicted octanol–water partition coefficient (Wildman–Crippen LogP) is 2.86. The average Bonchev–Trinajstić information content (AvgIpc) is 2.95. The van der Waals surface area contributed by atoms with E-state index < -0.39 is 0 Å². The van der Waals surface area contributed by atoms with Crippen molar-refractivity contribution in [3.63, 3.8) is 0 Å². The first kappa shape index (κ1) is 20.3. The van der Waals surface area contributed by atoms with Gasteiger partial charge in [-0.15, -0.1) is 24.0 Å². The lowest BCUT2D eigenvalue weighted by Crippen LogP contribution is -2.40. The molecule has 2 heterocycles. The van der Waals surface area contributed by atoms with Crippen molar-refractivity contribution in [3.8, 4) is 0 Å². The summed E-state index contributed by atoms with van der Waals surface area (Å²) < 4.78 is 7.49. The van der Waals surface area contributed by atoms with Gasteiger partial charge in [0.15, 0.2) is 5.96 Å². The first-order chi connectivity index (χ1) is 10.7. The molecule has 1 N–H and O–H groups in total. The van der Waals surface area contributed by atoms with Gasteiger partial charge in [0, 0.05) is 52.8 Å². The van der Waals surface area contributed by atoms with Crippen molar-refractivity contribution in [3.05, 3.63) is 24.0 Å². The Hall–Kier alpha value is -0.760. The lowest BCUT2D eigenvalue weighted by atomic mass is 9.96. The Kier molecular flexibility index (Phi) is 9.62. The van der Waals surface area contributed by atoms with Crippen molar-refractivity contribution in [2.45, 2.75) is 32.7 Å². The van der Waals surface area contributed by atoms with Crippen LogP contribution in [-0.2, 0) is 18.3 Å². The van der Waals surface area contributed by atoms with E-state index in [4.69, 9.17) is 9.73 Å². The molecular weight excluding hydrogens is 403 g/mol. The first-order valence-electron chi connectivity index (χ1n) is 8.37. The molecule has 0 unspecified atom stereocenters. The molecule has 0 atom stereocenters. The van der Waals surface area contributed by atoms with E-state index in [1.54, 1.807) is 0 Å². The molecule has 0 radical (unpaired) electrons. The summed E-state index contributed by atoms with van der Waals surface area (Å²) in [5.41, 5.74) is 1.25. The van der Waals surface area contributed by atoms with E-state index in [1.807, 2.05) is 7.05 Å². The summed E-state index contributed by atoms with van der Waals surface area (Å²) in [6.45, 7) is 6.64. The molecule has 1 saturated heterocycles. The van der Waals surface area contributed by atoms with Crippen LogP contribution in [0.1, 0.15) is 31.7 Å². The number of aryl methyl sites for hydroxylation is 1. The summed E-state index contributed by atoms with van der Waals surface area (Å²) >= 11 is 0. The molecule has 1 fully saturated rings. The third-order valence-corrected chi connectivity index (χ3v) is 4.21. The lowest BCUT2D eigenvalue weighted by molar-refractivity contribution is 0.0625. The highest BCUT2D eigenvalue weighted by Crippen LogP contribution is 2.18. The van der Waals surface area contributed by atoms with Gasteiger partial charge in [-0.05, 0) is 43.7 Å². The highest BCUT2D eigenvalue weighted by Gasteiger charge is 2.15. The molecule has 5 nitrogen and oxygen atoms in total. The second-order valence-corrected chi connectivity index (χ2v) is 6.12. The summed E-state index contributed by atoms with van der Waals surface area (Å²) in [5, 5.41) is 3.39. The number of halogens is 1. The third kappa shape index (κ3) is 7.12. The zero-order valence-electron chi connectivity index (χ0n) is 14.6. The van der Waals surface area contributed by atoms with Crippen LogP contribution >= 0.6 is 24.0 Å². The topological polar surface area (TPSA) is 41.8 Å². The van der Waals surface area contributed by atoms with E-state index in [2.05, 4.69) is 47.2 Å². The van der Waals surface area contributed by atoms with Gasteiger partial charge in [0.25, 0.3) is 0 Å². The van der Waals surface area contributed by atoms with Crippen molar-refractivity contribution in [1.29, 1.82) is 0 Å². The van der Waals surface area contributed by atoms with Gasteiger partial charge in [0.2, 0.25) is 0 Å². The molecule has 2 rings (SSSR count). The number of nitrogens with one attached hydrogen (secondary N) is 1. The van der Waals surface area contributed by atoms with E-state index in [1.165, 1.54) is 24.8 Å². The molecule has 132 valence electrons. The van der Waals surface area contributed by atoms with Gasteiger partial charge in [0.05, 0.1) is 6.54 Å². The van der Waals surface area contributed by atoms with Crippen molar-refractivity contribution < 1.29 is 4.74 Å². The van der Waals surface area contributed by atoms with Crippen LogP contribution in [-0.4, -0.2) is 48.8 Å². The molecule has 0 amide bonds. The minimum Gasteiger partial charge on any atom is -0.381 e. The number of guanidine groups is 1. The van der Waals surface area contributed by atoms with Crippen LogP contribution in [0.3, 0.4) is 0 Å². The minimum absolute atomic E-state index is 0. The molecule has 0 saturated carbocycles. The fourth-order valence-corrected chi connectivity index (χ4v) is 2.81. The Labute approximate surface area is 157 Å². The van der Waals surface area contributed by atoms with Crippen molar-refractivity contribution >= 4 is 29.9 Å². The van der Waals surface area contributed by atoms with E-state index in [-0.39, 0.29) is 24.0 Å². The highest BCUT2D eigenvalue weighted by molar-refractivity contribution is 14.0. The average molecular weight is 434 g/mol. The summed E-state index contributed by atoms with van der Waals surface area (Å²) in [6.07, 6.45) is 7.80. The van der Waals surface area contributed by atoms with Gasteiger partial charge < -0.3 is 19.5 Å². The maximum absolute atomic E-state index is 5.43. The van der Waals surface area contributed by atoms with E-state index in [0.29, 0.717) is 0 Å². The zero-order valence-corrected chi connectivity index (χ0v) is 17.0. The normalized spacial score (nSPS) is 16.0. The van der Waals surface area contributed by atoms with Crippen LogP contribution in [0.15, 0.2) is 23.5 Å². The minimum atomic E-state index is 0. The van der Waals surface area contributed by atoms with Crippen LogP contribution < -0.4 is 5.32 Å². The Morgan fingerprint density at radius 2 is 2.17 bits per heavy atom. The van der Waals surface area contributed by atoms with Crippen molar-refractivity contribution in [2.24, 2.45) is 18.0 Å². The number of ether oxygens (including phenoxy) is 1. The van der Waals surface area contributed by atoms with E-state index in [0.717, 1.165) is 44.7 Å². The summed E-state index contributed by atoms with van der Waals surface area (Å²) in [7, 11) is 4.17. The number of rotatable bonds is 6. The van der Waals surface area contributed by atoms with Crippen LogP contribution in [0.2, 0.25) is 0 Å². The molecule has 6 heteroatoms. The second-order valence-electron chi connectivity index (χ2n) is 6.12. The van der Waals surface area contributed by atoms with Crippen LogP contribution in [0.25, 0.3) is 0 Å². The number of aliphatic imine (C=N–C) groups is 1. The van der Waals surface area contributed by atoms with Gasteiger partial charge in [-0.3, -0.25) is 0 Å². The molecule has 1 aromatic rings. The molecule has 1 aromatic heterocycles. The molecule has 1 aliphatic heterocycles. The number of hydrogen-bond acceptors (Lipinski definition) is 2. The molecule has 0 bridgehead atoms. The number of nitrogens with zero attached hydrogens (tertiary/aromatic N) is 3. The lowest BCUT2D eigenvalue weighted by Gasteiger charge is -2.26. The van der Waals surface area contributed by atoms with Gasteiger partial charge in [-0.1, -0.05) is 0 Å². The van der Waals surface area contributed by atoms with E-state index in [9.17, 15) is 0 Å². The Balaban J connectivity index is 0.00000264. The Morgan fingerprint density at radius 3 is 2.78 bits per heavy atom. The standard InChI is InChI=1S/C17H30N4O.HI/c1-4-18-17(19-13-16-5-9-20(2)14-16)21(3)10-6-15-7-11-22-12-8-15;/h5,9,14-15H,4,6-8,10-13H2,1-3H3,(H,18,19);1H. The summed E-state index contributed by atoms with van der Waals surface area (Å²) in [4.78, 5) is 7.01. The first-order valence-corrected chi connectivity index (χ1v) is 8.37. The quantitative estimate of drug-likeness (QED) is 0.426. The Morgan fingerprint density at radius 1 is 1.43 bits per heavy atom. The van der Waals surface area contributed by atoms with Crippen molar-refractivity contribution in [2.75, 3.05) is 33.4 Å². The molecule has 0 aromatic carbocycles. The molecular formula is C17H31IN4O. The number of aromatic nitrogens is 1. The zero-order chi connectivity index (χ0) is 15.8. The second kappa shape index (κ2) is 10.9. The van der Waals surface area contributed by atoms with Crippen LogP contribution in [0.5, 0.6) is 0 Å². The maximum Gasteiger partial charge on any atom is 0.193 e. The monoisotopic (exact) mass is 434 g/mol. The largest absolute Gasteiger partial charge is 0.381 e. The number of hydrogen-bond donors (Lipinski definition) is 1. The van der Waals surface area contributed by atoms with Crippen LogP contribution in [0.4, 0.5) is 0 Å². The van der Waals surface area contributed by atoms with E-state index >= 15 is 0 Å². The fraction of sp³-hybridized carbons (Fsp3) is 0.706. The SMILES string of the molecule is CCNC(=NCc1ccn(C)c1)N(C)CCC1CCOCC1.I. The van der Waals surface area contributed by atoms with Gasteiger partial charge >= 0.3 is 0 Å². The maximum atomic E-state index is 5.43. The van der Waals surface area contributed by atoms with Crippen molar-refractivity contribution in [1.82, 2.24) is 14.8 Å². The smallest absolute Gasteiger partial charge is 0.193 e. The predicted molar refractivity (Wildman–Crippen MR) is 106 cm³/mol. The fourth-order valence-electron chi connectivity index (χ4n) is 2.81. The van der Waals surface area contributed by atoms with Crippen LogP contribution in [0, 0.1) is 5.92 Å². The third-order valence-electron chi connectivity index (χ3n) is 4.21. The molecule has 0 aliphatic carbocycles. The Bertz CT molecular complexity index is 469. The molecule has 0 spiro atoms. The molecule has 1 aliphatic rings. The molecule has 23 heavy (non-hydrogen) atoms. The van der Waals surface area contributed by atoms with Gasteiger partial charge in [-0.25, -0.2) is 4.99 Å². The van der Waals surface area contributed by atoms with Gasteiger partial charge in [-0.2, -0.15) is 0 Å².